The van der Waals surface area contributed by atoms with Gasteiger partial charge in [0.15, 0.2) is 0 Å². The Morgan fingerprint density at radius 2 is 2.00 bits per heavy atom. The molecule has 1 unspecified atom stereocenters. The van der Waals surface area contributed by atoms with E-state index in [0.717, 1.165) is 48.4 Å². The third-order valence-electron chi connectivity index (χ3n) is 4.53. The van der Waals surface area contributed by atoms with Crippen molar-refractivity contribution in [1.29, 1.82) is 0 Å². The number of benzene rings is 1. The lowest BCUT2D eigenvalue weighted by molar-refractivity contribution is 0.120. The number of aromatic amines is 1. The fourth-order valence-electron chi connectivity index (χ4n) is 2.96. The Labute approximate surface area is 140 Å². The predicted octanol–water partition coefficient (Wildman–Crippen LogP) is 3.23. The number of hydrogen-bond donors (Lipinski definition) is 2. The first-order chi connectivity index (χ1) is 11.7. The van der Waals surface area contributed by atoms with E-state index in [0.29, 0.717) is 5.95 Å². The Balaban J connectivity index is 1.51. The number of imidazole rings is 1. The zero-order valence-corrected chi connectivity index (χ0v) is 14.0. The largest absolute Gasteiger partial charge is 0.376 e. The molecule has 0 saturated carbocycles. The minimum Gasteiger partial charge on any atom is -0.376 e. The predicted molar refractivity (Wildman–Crippen MR) is 94.1 cm³/mol. The third kappa shape index (κ3) is 2.97. The zero-order chi connectivity index (χ0) is 16.5. The Hall–Kier alpha value is -2.47. The molecule has 0 spiro atoms. The second kappa shape index (κ2) is 6.20. The molecule has 2 aromatic heterocycles. The summed E-state index contributed by atoms with van der Waals surface area (Å²) < 4.78 is 5.59. The monoisotopic (exact) mass is 323 g/mol. The van der Waals surface area contributed by atoms with Gasteiger partial charge in [0.1, 0.15) is 5.82 Å². The quantitative estimate of drug-likeness (QED) is 0.771. The van der Waals surface area contributed by atoms with Crippen molar-refractivity contribution < 1.29 is 4.74 Å². The molecule has 0 amide bonds. The second-order valence-corrected chi connectivity index (χ2v) is 6.35. The van der Waals surface area contributed by atoms with Crippen LogP contribution in [0, 0.1) is 13.8 Å². The summed E-state index contributed by atoms with van der Waals surface area (Å²) in [6.45, 7) is 5.81. The summed E-state index contributed by atoms with van der Waals surface area (Å²) >= 11 is 0. The first-order valence-corrected chi connectivity index (χ1v) is 8.34. The number of fused-ring (bicyclic) bond motifs is 1. The smallest absolute Gasteiger partial charge is 0.222 e. The maximum atomic E-state index is 5.59. The first-order valence-electron chi connectivity index (χ1n) is 8.34. The summed E-state index contributed by atoms with van der Waals surface area (Å²) in [6, 6.07) is 4.22. The van der Waals surface area contributed by atoms with Crippen molar-refractivity contribution in [3.05, 3.63) is 35.7 Å². The molecular formula is C18H21N5O. The molecular weight excluding hydrogens is 302 g/mol. The van der Waals surface area contributed by atoms with Crippen molar-refractivity contribution in [2.75, 3.05) is 18.5 Å². The summed E-state index contributed by atoms with van der Waals surface area (Å²) in [5.41, 5.74) is 5.37. The van der Waals surface area contributed by atoms with Gasteiger partial charge in [-0.05, 0) is 49.9 Å². The molecule has 2 N–H and O–H groups in total. The minimum atomic E-state index is 0.273. The van der Waals surface area contributed by atoms with Crippen LogP contribution in [0.2, 0.25) is 0 Å². The molecule has 1 aliphatic rings. The molecule has 3 heterocycles. The lowest BCUT2D eigenvalue weighted by Gasteiger charge is -2.10. The lowest BCUT2D eigenvalue weighted by Crippen LogP contribution is -2.19. The van der Waals surface area contributed by atoms with Crippen molar-refractivity contribution in [2.45, 2.75) is 32.8 Å². The maximum Gasteiger partial charge on any atom is 0.222 e. The van der Waals surface area contributed by atoms with E-state index in [1.165, 1.54) is 11.1 Å². The van der Waals surface area contributed by atoms with Crippen molar-refractivity contribution >= 4 is 17.0 Å². The van der Waals surface area contributed by atoms with E-state index >= 15 is 0 Å². The normalized spacial score (nSPS) is 17.5. The van der Waals surface area contributed by atoms with Crippen LogP contribution < -0.4 is 5.32 Å². The van der Waals surface area contributed by atoms with E-state index in [1.54, 1.807) is 12.4 Å². The molecule has 1 atom stereocenters. The lowest BCUT2D eigenvalue weighted by atomic mass is 10.1. The van der Waals surface area contributed by atoms with Crippen LogP contribution in [0.3, 0.4) is 0 Å². The topological polar surface area (TPSA) is 75.7 Å². The fraction of sp³-hybridized carbons (Fsp3) is 0.389. The summed E-state index contributed by atoms with van der Waals surface area (Å²) in [5, 5.41) is 3.23. The van der Waals surface area contributed by atoms with Gasteiger partial charge in [-0.15, -0.1) is 0 Å². The molecule has 4 rings (SSSR count). The number of hydrogen-bond acceptors (Lipinski definition) is 5. The maximum absolute atomic E-state index is 5.59. The number of nitrogens with zero attached hydrogens (tertiary/aromatic N) is 3. The highest BCUT2D eigenvalue weighted by molar-refractivity contribution is 5.80. The van der Waals surface area contributed by atoms with Crippen LogP contribution in [0.5, 0.6) is 0 Å². The number of H-pyrrole nitrogens is 1. The standard InChI is InChI=1S/C18H21N5O/c1-11-6-15-16(7-12(11)2)23-17(22-15)13-8-19-18(20-9-13)21-10-14-4-3-5-24-14/h6-9,14H,3-5,10H2,1-2H3,(H,22,23)(H,19,20,21). The Morgan fingerprint density at radius 1 is 1.21 bits per heavy atom. The highest BCUT2D eigenvalue weighted by Gasteiger charge is 2.15. The Morgan fingerprint density at radius 3 is 2.75 bits per heavy atom. The van der Waals surface area contributed by atoms with Crippen molar-refractivity contribution in [3.8, 4) is 11.4 Å². The summed E-state index contributed by atoms with van der Waals surface area (Å²) in [7, 11) is 0. The molecule has 1 saturated heterocycles. The number of nitrogens with one attached hydrogen (secondary N) is 2. The molecule has 0 bridgehead atoms. The van der Waals surface area contributed by atoms with Crippen LogP contribution in [0.15, 0.2) is 24.5 Å². The number of anilines is 1. The second-order valence-electron chi connectivity index (χ2n) is 6.35. The van der Waals surface area contributed by atoms with E-state index in [-0.39, 0.29) is 6.10 Å². The van der Waals surface area contributed by atoms with Crippen molar-refractivity contribution in [3.63, 3.8) is 0 Å². The molecule has 1 fully saturated rings. The van der Waals surface area contributed by atoms with Gasteiger partial charge < -0.3 is 15.0 Å². The molecule has 0 radical (unpaired) electrons. The average Bonchev–Trinajstić information content (AvgIpc) is 3.23. The van der Waals surface area contributed by atoms with Crippen LogP contribution in [-0.2, 0) is 4.74 Å². The number of rotatable bonds is 4. The van der Waals surface area contributed by atoms with Gasteiger partial charge in [0.2, 0.25) is 5.95 Å². The summed E-state index contributed by atoms with van der Waals surface area (Å²) in [4.78, 5) is 16.8. The highest BCUT2D eigenvalue weighted by Crippen LogP contribution is 2.22. The van der Waals surface area contributed by atoms with E-state index < -0.39 is 0 Å². The Kier molecular flexibility index (Phi) is 3.90. The molecule has 3 aromatic rings. The molecule has 6 nitrogen and oxygen atoms in total. The van der Waals surface area contributed by atoms with Gasteiger partial charge in [-0.3, -0.25) is 0 Å². The van der Waals surface area contributed by atoms with Crippen LogP contribution in [-0.4, -0.2) is 39.2 Å². The van der Waals surface area contributed by atoms with Gasteiger partial charge in [0.25, 0.3) is 0 Å². The molecule has 6 heteroatoms. The van der Waals surface area contributed by atoms with Gasteiger partial charge in [-0.1, -0.05) is 0 Å². The van der Waals surface area contributed by atoms with Gasteiger partial charge in [0, 0.05) is 25.5 Å². The first kappa shape index (κ1) is 15.1. The van der Waals surface area contributed by atoms with Crippen molar-refractivity contribution in [2.24, 2.45) is 0 Å². The van der Waals surface area contributed by atoms with Gasteiger partial charge in [-0.25, -0.2) is 15.0 Å². The van der Waals surface area contributed by atoms with Crippen molar-refractivity contribution in [1.82, 2.24) is 19.9 Å². The number of ether oxygens (including phenoxy) is 1. The summed E-state index contributed by atoms with van der Waals surface area (Å²) in [6.07, 6.45) is 6.10. The molecule has 24 heavy (non-hydrogen) atoms. The molecule has 124 valence electrons. The summed E-state index contributed by atoms with van der Waals surface area (Å²) in [5.74, 6) is 1.41. The minimum absolute atomic E-state index is 0.273. The highest BCUT2D eigenvalue weighted by atomic mass is 16.5. The average molecular weight is 323 g/mol. The third-order valence-corrected chi connectivity index (χ3v) is 4.53. The SMILES string of the molecule is Cc1cc2nc(-c3cnc(NCC4CCCO4)nc3)[nH]c2cc1C. The Bertz CT molecular complexity index is 811. The molecule has 1 aliphatic heterocycles. The number of aryl methyl sites for hydroxylation is 2. The van der Waals surface area contributed by atoms with Crippen LogP contribution >= 0.6 is 0 Å². The van der Waals surface area contributed by atoms with E-state index in [9.17, 15) is 0 Å². The van der Waals surface area contributed by atoms with Crippen LogP contribution in [0.1, 0.15) is 24.0 Å². The van der Waals surface area contributed by atoms with E-state index in [1.807, 2.05) is 0 Å². The van der Waals surface area contributed by atoms with Gasteiger partial charge >= 0.3 is 0 Å². The fourth-order valence-corrected chi connectivity index (χ4v) is 2.96. The zero-order valence-electron chi connectivity index (χ0n) is 14.0. The van der Waals surface area contributed by atoms with E-state index in [4.69, 9.17) is 4.74 Å². The number of aromatic nitrogens is 4. The van der Waals surface area contributed by atoms with E-state index in [2.05, 4.69) is 51.2 Å². The van der Waals surface area contributed by atoms with Gasteiger partial charge in [0.05, 0.1) is 22.7 Å². The van der Waals surface area contributed by atoms with Crippen LogP contribution in [0.25, 0.3) is 22.4 Å². The molecule has 0 aliphatic carbocycles. The van der Waals surface area contributed by atoms with Crippen LogP contribution in [0.4, 0.5) is 5.95 Å². The molecule has 1 aromatic carbocycles. The van der Waals surface area contributed by atoms with Gasteiger partial charge in [-0.2, -0.15) is 0 Å².